The summed E-state index contributed by atoms with van der Waals surface area (Å²) in [5, 5.41) is 11.7. The summed E-state index contributed by atoms with van der Waals surface area (Å²) in [6.07, 6.45) is 0. The third-order valence-corrected chi connectivity index (χ3v) is 2.92. The molecule has 2 aromatic carbocycles. The fourth-order valence-electron chi connectivity index (χ4n) is 1.97. The first-order valence-corrected chi connectivity index (χ1v) is 6.36. The Balaban J connectivity index is 2.04. The van der Waals surface area contributed by atoms with Gasteiger partial charge in [-0.3, -0.25) is 4.79 Å². The number of nitriles is 1. The lowest BCUT2D eigenvalue weighted by molar-refractivity contribution is -0.114. The van der Waals surface area contributed by atoms with Gasteiger partial charge in [-0.25, -0.2) is 4.39 Å². The molecule has 4 nitrogen and oxygen atoms in total. The largest absolute Gasteiger partial charge is 0.364 e. The minimum atomic E-state index is -0.406. The molecule has 0 heterocycles. The van der Waals surface area contributed by atoms with Crippen LogP contribution in [0.25, 0.3) is 0 Å². The number of hydrogen-bond acceptors (Lipinski definition) is 3. The van der Waals surface area contributed by atoms with Crippen molar-refractivity contribution < 1.29 is 9.18 Å². The zero-order valence-electron chi connectivity index (χ0n) is 11.5. The molecule has 1 N–H and O–H groups in total. The lowest BCUT2D eigenvalue weighted by Crippen LogP contribution is -2.30. The SMILES string of the molecule is CN(CC(=O)Nc1cccc(F)c1)c1ccccc1C#N. The van der Waals surface area contributed by atoms with Gasteiger partial charge in [0, 0.05) is 12.7 Å². The Morgan fingerprint density at radius 1 is 1.29 bits per heavy atom. The van der Waals surface area contributed by atoms with Crippen LogP contribution in [0.1, 0.15) is 5.56 Å². The maximum atomic E-state index is 13.0. The van der Waals surface area contributed by atoms with Gasteiger partial charge >= 0.3 is 0 Å². The van der Waals surface area contributed by atoms with Crippen LogP contribution in [-0.4, -0.2) is 19.5 Å². The monoisotopic (exact) mass is 283 g/mol. The van der Waals surface area contributed by atoms with E-state index in [1.54, 1.807) is 42.3 Å². The lowest BCUT2D eigenvalue weighted by atomic mass is 10.2. The first-order valence-electron chi connectivity index (χ1n) is 6.36. The van der Waals surface area contributed by atoms with Crippen LogP contribution in [0.5, 0.6) is 0 Å². The van der Waals surface area contributed by atoms with Crippen LogP contribution >= 0.6 is 0 Å². The highest BCUT2D eigenvalue weighted by molar-refractivity contribution is 5.94. The minimum Gasteiger partial charge on any atom is -0.364 e. The van der Waals surface area contributed by atoms with Crippen LogP contribution in [-0.2, 0) is 4.79 Å². The van der Waals surface area contributed by atoms with Gasteiger partial charge in [0.25, 0.3) is 0 Å². The molecule has 0 radical (unpaired) electrons. The van der Waals surface area contributed by atoms with Crippen molar-refractivity contribution in [1.29, 1.82) is 5.26 Å². The molecule has 1 amide bonds. The molecule has 0 saturated heterocycles. The molecule has 0 aromatic heterocycles. The molecule has 0 fully saturated rings. The topological polar surface area (TPSA) is 56.1 Å². The molecule has 0 spiro atoms. The van der Waals surface area contributed by atoms with Gasteiger partial charge in [-0.2, -0.15) is 5.26 Å². The van der Waals surface area contributed by atoms with Crippen molar-refractivity contribution >= 4 is 17.3 Å². The third-order valence-electron chi connectivity index (χ3n) is 2.92. The summed E-state index contributed by atoms with van der Waals surface area (Å²) >= 11 is 0. The fourth-order valence-corrected chi connectivity index (χ4v) is 1.97. The normalized spacial score (nSPS) is 9.76. The summed E-state index contributed by atoms with van der Waals surface area (Å²) in [5.74, 6) is -0.688. The molecule has 5 heteroatoms. The maximum absolute atomic E-state index is 13.0. The zero-order chi connectivity index (χ0) is 15.2. The summed E-state index contributed by atoms with van der Waals surface area (Å²) in [5.41, 5.74) is 1.58. The Labute approximate surface area is 122 Å². The number of hydrogen-bond donors (Lipinski definition) is 1. The van der Waals surface area contributed by atoms with Crippen molar-refractivity contribution in [2.45, 2.75) is 0 Å². The molecule has 2 rings (SSSR count). The Morgan fingerprint density at radius 2 is 2.05 bits per heavy atom. The van der Waals surface area contributed by atoms with Crippen LogP contribution in [0, 0.1) is 17.1 Å². The third kappa shape index (κ3) is 3.80. The Bertz CT molecular complexity index is 694. The average molecular weight is 283 g/mol. The smallest absolute Gasteiger partial charge is 0.243 e. The van der Waals surface area contributed by atoms with E-state index in [-0.39, 0.29) is 12.5 Å². The molecule has 0 aliphatic heterocycles. The number of halogens is 1. The fraction of sp³-hybridized carbons (Fsp3) is 0.125. The second kappa shape index (κ2) is 6.53. The van der Waals surface area contributed by atoms with Crippen molar-refractivity contribution in [3.63, 3.8) is 0 Å². The molecule has 0 aliphatic carbocycles. The van der Waals surface area contributed by atoms with Crippen LogP contribution in [0.3, 0.4) is 0 Å². The molecule has 0 unspecified atom stereocenters. The first kappa shape index (κ1) is 14.5. The molecule has 0 bridgehead atoms. The number of amides is 1. The van der Waals surface area contributed by atoms with E-state index in [4.69, 9.17) is 5.26 Å². The average Bonchev–Trinajstić information content (AvgIpc) is 2.47. The highest BCUT2D eigenvalue weighted by Gasteiger charge is 2.11. The molecular weight excluding hydrogens is 269 g/mol. The van der Waals surface area contributed by atoms with Crippen molar-refractivity contribution in [2.75, 3.05) is 23.8 Å². The van der Waals surface area contributed by atoms with E-state index in [0.717, 1.165) is 0 Å². The van der Waals surface area contributed by atoms with Gasteiger partial charge in [0.1, 0.15) is 11.9 Å². The van der Waals surface area contributed by atoms with Crippen LogP contribution < -0.4 is 10.2 Å². The number of anilines is 2. The molecule has 106 valence electrons. The van der Waals surface area contributed by atoms with Gasteiger partial charge in [-0.15, -0.1) is 0 Å². The quantitative estimate of drug-likeness (QED) is 0.938. The summed E-state index contributed by atoms with van der Waals surface area (Å²) in [6, 6.07) is 14.8. The van der Waals surface area contributed by atoms with E-state index in [9.17, 15) is 9.18 Å². The number of carbonyl (C=O) groups is 1. The number of nitrogens with zero attached hydrogens (tertiary/aromatic N) is 2. The second-order valence-electron chi connectivity index (χ2n) is 4.54. The number of para-hydroxylation sites is 1. The minimum absolute atomic E-state index is 0.0647. The van der Waals surface area contributed by atoms with Crippen molar-refractivity contribution in [2.24, 2.45) is 0 Å². The molecule has 0 aliphatic rings. The van der Waals surface area contributed by atoms with Gasteiger partial charge < -0.3 is 10.2 Å². The lowest BCUT2D eigenvalue weighted by Gasteiger charge is -2.19. The number of nitrogens with one attached hydrogen (secondary N) is 1. The Hall–Kier alpha value is -2.87. The summed E-state index contributed by atoms with van der Waals surface area (Å²) < 4.78 is 13.0. The molecule has 2 aromatic rings. The summed E-state index contributed by atoms with van der Waals surface area (Å²) in [6.45, 7) is 0.0647. The summed E-state index contributed by atoms with van der Waals surface area (Å²) in [4.78, 5) is 13.6. The van der Waals surface area contributed by atoms with Gasteiger partial charge in [-0.1, -0.05) is 18.2 Å². The number of carbonyl (C=O) groups excluding carboxylic acids is 1. The highest BCUT2D eigenvalue weighted by atomic mass is 19.1. The predicted molar refractivity (Wildman–Crippen MR) is 79.5 cm³/mol. The van der Waals surface area contributed by atoms with E-state index < -0.39 is 5.82 Å². The zero-order valence-corrected chi connectivity index (χ0v) is 11.5. The van der Waals surface area contributed by atoms with E-state index in [1.807, 2.05) is 0 Å². The predicted octanol–water partition coefficient (Wildman–Crippen LogP) is 2.77. The van der Waals surface area contributed by atoms with Gasteiger partial charge in [0.15, 0.2) is 0 Å². The van der Waals surface area contributed by atoms with Gasteiger partial charge in [-0.05, 0) is 30.3 Å². The van der Waals surface area contributed by atoms with Crippen molar-refractivity contribution in [3.8, 4) is 6.07 Å². The van der Waals surface area contributed by atoms with Gasteiger partial charge in [0.05, 0.1) is 17.8 Å². The van der Waals surface area contributed by atoms with Crippen molar-refractivity contribution in [3.05, 3.63) is 59.9 Å². The van der Waals surface area contributed by atoms with Crippen LogP contribution in [0.4, 0.5) is 15.8 Å². The van der Waals surface area contributed by atoms with Gasteiger partial charge in [0.2, 0.25) is 5.91 Å². The Morgan fingerprint density at radius 3 is 2.76 bits per heavy atom. The molecular formula is C16H14FN3O. The summed E-state index contributed by atoms with van der Waals surface area (Å²) in [7, 11) is 1.72. The van der Waals surface area contributed by atoms with E-state index in [0.29, 0.717) is 16.9 Å². The van der Waals surface area contributed by atoms with E-state index >= 15 is 0 Å². The second-order valence-corrected chi connectivity index (χ2v) is 4.54. The Kier molecular flexibility index (Phi) is 4.52. The molecule has 21 heavy (non-hydrogen) atoms. The highest BCUT2D eigenvalue weighted by Crippen LogP contribution is 2.18. The molecule has 0 saturated carbocycles. The van der Waals surface area contributed by atoms with E-state index in [1.165, 1.54) is 18.2 Å². The standard InChI is InChI=1S/C16H14FN3O/c1-20(15-8-3-2-5-12(15)10-18)11-16(21)19-14-7-4-6-13(17)9-14/h2-9H,11H2,1H3,(H,19,21). The van der Waals surface area contributed by atoms with Crippen LogP contribution in [0.2, 0.25) is 0 Å². The molecule has 0 atom stereocenters. The first-order chi connectivity index (χ1) is 10.1. The van der Waals surface area contributed by atoms with Crippen molar-refractivity contribution in [1.82, 2.24) is 0 Å². The number of rotatable bonds is 4. The van der Waals surface area contributed by atoms with Crippen LogP contribution in [0.15, 0.2) is 48.5 Å². The number of benzene rings is 2. The maximum Gasteiger partial charge on any atom is 0.243 e. The van der Waals surface area contributed by atoms with E-state index in [2.05, 4.69) is 11.4 Å². The number of likely N-dealkylation sites (N-methyl/N-ethyl adjacent to an activating group) is 1.